The summed E-state index contributed by atoms with van der Waals surface area (Å²) in [6.07, 6.45) is 15.6. The van der Waals surface area contributed by atoms with Crippen molar-refractivity contribution in [2.75, 3.05) is 85.3 Å². The van der Waals surface area contributed by atoms with Gasteiger partial charge in [0, 0.05) is 22.3 Å². The number of nitrogens with zero attached hydrogens (tertiary/aromatic N) is 4. The first-order valence-electron chi connectivity index (χ1n) is 22.4. The van der Waals surface area contributed by atoms with E-state index < -0.39 is 0 Å². The van der Waals surface area contributed by atoms with E-state index in [2.05, 4.69) is 0 Å². The van der Waals surface area contributed by atoms with Gasteiger partial charge in [0.15, 0.2) is 46.0 Å². The van der Waals surface area contributed by atoms with Crippen LogP contribution in [0.2, 0.25) is 0 Å². The highest BCUT2D eigenvalue weighted by molar-refractivity contribution is 6.39. The zero-order valence-corrected chi connectivity index (χ0v) is 41.9. The number of allylic oxidation sites excluding steroid dienone is 12. The van der Waals surface area contributed by atoms with Crippen molar-refractivity contribution < 1.29 is 56.8 Å². The third-order valence-corrected chi connectivity index (χ3v) is 12.4. The summed E-state index contributed by atoms with van der Waals surface area (Å²) in [7, 11) is 18.9. The standard InChI is InChI=1S/C56H52N4O12/c1-61-41-21-29(22-42(62-2)53(41)69-9)49-33-13-15-35(57-33)50(30-23-43(63-3)54(70-10)44(24-30)64-4)37-17-19-39(59-37)52(32-27-47(67-7)56(72-12)48(28-32)68-8)40-20-18-38(60-40)51(36-16-14-34(49)58-36)31-25-45(65-5)55(71-11)46(26-31)66-6/h13-28H,1-12H3. The van der Waals surface area contributed by atoms with E-state index in [1.54, 1.807) is 85.3 Å². The lowest BCUT2D eigenvalue weighted by atomic mass is 9.97. The highest BCUT2D eigenvalue weighted by atomic mass is 16.5. The molecule has 0 unspecified atom stereocenters. The molecule has 0 radical (unpaired) electrons. The number of rotatable bonds is 16. The van der Waals surface area contributed by atoms with Gasteiger partial charge in [-0.15, -0.1) is 0 Å². The van der Waals surface area contributed by atoms with E-state index in [9.17, 15) is 0 Å². The van der Waals surface area contributed by atoms with Crippen LogP contribution < -0.4 is 56.8 Å². The predicted octanol–water partition coefficient (Wildman–Crippen LogP) is 9.79. The molecule has 9 rings (SSSR count). The topological polar surface area (TPSA) is 160 Å². The summed E-state index contributed by atoms with van der Waals surface area (Å²) in [5, 5.41) is 0. The van der Waals surface area contributed by atoms with Crippen molar-refractivity contribution in [2.24, 2.45) is 20.0 Å². The summed E-state index contributed by atoms with van der Waals surface area (Å²) in [5.41, 5.74) is 10.1. The Morgan fingerprint density at radius 1 is 0.222 bits per heavy atom. The second-order valence-corrected chi connectivity index (χ2v) is 16.0. The fourth-order valence-corrected chi connectivity index (χ4v) is 9.17. The lowest BCUT2D eigenvalue weighted by Gasteiger charge is -2.18. The maximum Gasteiger partial charge on any atom is 0.203 e. The minimum atomic E-state index is 0.430. The van der Waals surface area contributed by atoms with Crippen LogP contribution in [0.25, 0.3) is 22.3 Å². The van der Waals surface area contributed by atoms with Crippen LogP contribution in [0.1, 0.15) is 22.3 Å². The van der Waals surface area contributed by atoms with Crippen LogP contribution in [0.3, 0.4) is 0 Å². The molecule has 0 aliphatic carbocycles. The summed E-state index contributed by atoms with van der Waals surface area (Å²) in [4.78, 5) is 21.7. The van der Waals surface area contributed by atoms with Crippen molar-refractivity contribution in [1.82, 2.24) is 0 Å². The molecule has 0 spiro atoms. The number of ether oxygens (including phenoxy) is 12. The molecular weight excluding hydrogens is 921 g/mol. The van der Waals surface area contributed by atoms with Crippen LogP contribution in [-0.4, -0.2) is 108 Å². The van der Waals surface area contributed by atoms with E-state index >= 15 is 0 Å². The molecule has 0 N–H and O–H groups in total. The van der Waals surface area contributed by atoms with Gasteiger partial charge in [-0.05, 0) is 119 Å². The smallest absolute Gasteiger partial charge is 0.203 e. The third-order valence-electron chi connectivity index (χ3n) is 12.4. The lowest BCUT2D eigenvalue weighted by molar-refractivity contribution is 0.324. The summed E-state index contributed by atoms with van der Waals surface area (Å²) in [6.45, 7) is 0. The first-order valence-corrected chi connectivity index (χ1v) is 22.4. The minimum absolute atomic E-state index is 0.430. The second kappa shape index (κ2) is 20.2. The van der Waals surface area contributed by atoms with Crippen LogP contribution in [0.4, 0.5) is 0 Å². The lowest BCUT2D eigenvalue weighted by Crippen LogP contribution is -2.05. The highest BCUT2D eigenvalue weighted by Crippen LogP contribution is 2.48. The van der Waals surface area contributed by atoms with Crippen LogP contribution in [0.15, 0.2) is 140 Å². The summed E-state index contributed by atoms with van der Waals surface area (Å²) in [5.74, 6) is 5.28. The third kappa shape index (κ3) is 8.29. The quantitative estimate of drug-likeness (QED) is 0.105. The van der Waals surface area contributed by atoms with E-state index in [1.165, 1.54) is 0 Å². The Balaban J connectivity index is 1.43. The molecule has 5 heterocycles. The predicted molar refractivity (Wildman–Crippen MR) is 278 cm³/mol. The van der Waals surface area contributed by atoms with Crippen LogP contribution in [-0.2, 0) is 0 Å². The van der Waals surface area contributed by atoms with Gasteiger partial charge < -0.3 is 56.8 Å². The van der Waals surface area contributed by atoms with Crippen molar-refractivity contribution in [1.29, 1.82) is 0 Å². The molecule has 4 aromatic carbocycles. The highest BCUT2D eigenvalue weighted by Gasteiger charge is 2.31. The van der Waals surface area contributed by atoms with E-state index in [0.717, 1.165) is 0 Å². The van der Waals surface area contributed by atoms with Crippen molar-refractivity contribution >= 4 is 45.1 Å². The van der Waals surface area contributed by atoms with Gasteiger partial charge in [-0.3, -0.25) is 0 Å². The number of fused-ring (bicyclic) bond motifs is 4. The van der Waals surface area contributed by atoms with Crippen molar-refractivity contribution in [3.05, 3.63) is 142 Å². The maximum absolute atomic E-state index is 5.89. The Kier molecular flexibility index (Phi) is 13.5. The molecule has 0 aromatic heterocycles. The fraction of sp³-hybridized carbons (Fsp3) is 0.214. The molecule has 0 fully saturated rings. The SMILES string of the molecule is COc1cc(C2=C3C=CC(=N3)C(c3cc(OC)c(OC)c(OC)c3)=C3C=CC(=N3)C(c3cc(OC)c(OC)c(OC)c3)=C3C=CC(=N3)C(c3cc(OC)c(OC)c(OC)c3)=C3C=CC2=N3)cc(OC)c1OC. The summed E-state index contributed by atoms with van der Waals surface area (Å²) in [6, 6.07) is 15.0. The molecule has 0 amide bonds. The van der Waals surface area contributed by atoms with Crippen LogP contribution in [0, 0.1) is 0 Å². The van der Waals surface area contributed by atoms with Crippen molar-refractivity contribution in [3.8, 4) is 69.0 Å². The van der Waals surface area contributed by atoms with Crippen LogP contribution in [0.5, 0.6) is 69.0 Å². The van der Waals surface area contributed by atoms with Gasteiger partial charge in [0.1, 0.15) is 0 Å². The van der Waals surface area contributed by atoms with Crippen molar-refractivity contribution in [3.63, 3.8) is 0 Å². The molecule has 72 heavy (non-hydrogen) atoms. The molecular formula is C56H52N4O12. The van der Waals surface area contributed by atoms with Gasteiger partial charge in [-0.2, -0.15) is 0 Å². The molecule has 8 bridgehead atoms. The second-order valence-electron chi connectivity index (χ2n) is 16.0. The van der Waals surface area contributed by atoms with E-state index in [0.29, 0.717) is 159 Å². The zero-order chi connectivity index (χ0) is 50.8. The number of hydrogen-bond acceptors (Lipinski definition) is 16. The maximum atomic E-state index is 5.89. The molecule has 0 saturated carbocycles. The van der Waals surface area contributed by atoms with E-state index in [4.69, 9.17) is 76.8 Å². The molecule has 368 valence electrons. The Bertz CT molecular complexity index is 2780. The normalized spacial score (nSPS) is 15.4. The first-order chi connectivity index (χ1) is 35.1. The van der Waals surface area contributed by atoms with Gasteiger partial charge in [0.25, 0.3) is 0 Å². The van der Waals surface area contributed by atoms with Gasteiger partial charge in [0.05, 0.1) is 131 Å². The Labute approximate surface area is 417 Å². The Morgan fingerprint density at radius 2 is 0.389 bits per heavy atom. The molecule has 0 saturated heterocycles. The van der Waals surface area contributed by atoms with Gasteiger partial charge >= 0.3 is 0 Å². The molecule has 4 aromatic rings. The Hall–Kier alpha value is -8.92. The van der Waals surface area contributed by atoms with Crippen LogP contribution >= 0.6 is 0 Å². The number of benzene rings is 4. The fourth-order valence-electron chi connectivity index (χ4n) is 9.17. The van der Waals surface area contributed by atoms with Gasteiger partial charge in [0.2, 0.25) is 23.0 Å². The largest absolute Gasteiger partial charge is 0.493 e. The summed E-state index contributed by atoms with van der Waals surface area (Å²) < 4.78 is 70.1. The van der Waals surface area contributed by atoms with Gasteiger partial charge in [-0.25, -0.2) is 20.0 Å². The molecule has 5 aliphatic rings. The van der Waals surface area contributed by atoms with Gasteiger partial charge in [-0.1, -0.05) is 0 Å². The molecule has 0 atom stereocenters. The summed E-state index contributed by atoms with van der Waals surface area (Å²) >= 11 is 0. The average Bonchev–Trinajstić information content (AvgIpc) is 4.28. The number of aliphatic imine (C=N–C) groups is 4. The van der Waals surface area contributed by atoms with E-state index in [1.807, 2.05) is 97.1 Å². The van der Waals surface area contributed by atoms with Crippen molar-refractivity contribution in [2.45, 2.75) is 0 Å². The zero-order valence-electron chi connectivity index (χ0n) is 41.9. The Morgan fingerprint density at radius 3 is 0.528 bits per heavy atom. The average molecular weight is 973 g/mol. The first kappa shape index (κ1) is 48.1. The van der Waals surface area contributed by atoms with E-state index in [-0.39, 0.29) is 0 Å². The number of methoxy groups -OCH3 is 12. The monoisotopic (exact) mass is 972 g/mol. The number of hydrogen-bond donors (Lipinski definition) is 0. The molecule has 5 aliphatic heterocycles. The molecule has 16 nitrogen and oxygen atoms in total. The molecule has 16 heteroatoms. The minimum Gasteiger partial charge on any atom is -0.493 e.